The molecule has 0 aliphatic carbocycles. The van der Waals surface area contributed by atoms with Gasteiger partial charge in [-0.25, -0.2) is 0 Å². The lowest BCUT2D eigenvalue weighted by atomic mass is 10.1. The Morgan fingerprint density at radius 2 is 1.93 bits per heavy atom. The number of guanidine groups is 1. The van der Waals surface area contributed by atoms with Gasteiger partial charge in [-0.1, -0.05) is 18.2 Å². The fraction of sp³-hybridized carbons (Fsp3) is 0.333. The number of ether oxygens (including phenoxy) is 1. The van der Waals surface area contributed by atoms with Crippen LogP contribution in [0.25, 0.3) is 0 Å². The summed E-state index contributed by atoms with van der Waals surface area (Å²) in [5.74, 6) is 1.55. The molecule has 0 saturated carbocycles. The van der Waals surface area contributed by atoms with Crippen molar-refractivity contribution in [2.45, 2.75) is 13.0 Å². The van der Waals surface area contributed by atoms with Gasteiger partial charge in [-0.05, 0) is 57.7 Å². The van der Waals surface area contributed by atoms with Gasteiger partial charge in [-0.3, -0.25) is 9.79 Å². The zero-order valence-electron chi connectivity index (χ0n) is 16.8. The van der Waals surface area contributed by atoms with E-state index in [0.717, 1.165) is 33.7 Å². The summed E-state index contributed by atoms with van der Waals surface area (Å²) >= 11 is 3.50. The normalized spacial score (nSPS) is 11.1. The van der Waals surface area contributed by atoms with Gasteiger partial charge in [0.1, 0.15) is 5.75 Å². The third kappa shape index (κ3) is 6.27. The van der Waals surface area contributed by atoms with Crippen LogP contribution in [0.3, 0.4) is 0 Å². The molecule has 0 atom stereocenters. The van der Waals surface area contributed by atoms with Crippen molar-refractivity contribution >= 4 is 27.8 Å². The maximum Gasteiger partial charge on any atom is 0.253 e. The van der Waals surface area contributed by atoms with Crippen molar-refractivity contribution in [3.63, 3.8) is 0 Å². The molecular weight excluding hydrogens is 420 g/mol. The van der Waals surface area contributed by atoms with Gasteiger partial charge in [0.05, 0.1) is 11.6 Å². The predicted molar refractivity (Wildman–Crippen MR) is 117 cm³/mol. The summed E-state index contributed by atoms with van der Waals surface area (Å²) in [5.41, 5.74) is 2.93. The number of aliphatic imine (C=N–C) groups is 1. The maximum absolute atomic E-state index is 12.1. The molecule has 28 heavy (non-hydrogen) atoms. The standard InChI is InChI=1S/C21H27BrN4O2/c1-23-21(25-14-16-8-9-19(28-4)18(22)13-16)24-11-10-15-6-5-7-17(12-15)20(27)26(2)3/h5-9,12-13H,10-11,14H2,1-4H3,(H2,23,24,25). The average Bonchev–Trinajstić information content (AvgIpc) is 2.70. The molecule has 0 radical (unpaired) electrons. The minimum Gasteiger partial charge on any atom is -0.496 e. The van der Waals surface area contributed by atoms with E-state index in [1.807, 2.05) is 42.5 Å². The highest BCUT2D eigenvalue weighted by molar-refractivity contribution is 9.10. The van der Waals surface area contributed by atoms with Gasteiger partial charge in [0.15, 0.2) is 5.96 Å². The first-order chi connectivity index (χ1) is 13.4. The summed E-state index contributed by atoms with van der Waals surface area (Å²) in [6, 6.07) is 13.7. The summed E-state index contributed by atoms with van der Waals surface area (Å²) in [6.07, 6.45) is 0.795. The number of rotatable bonds is 7. The molecule has 2 rings (SSSR count). The molecule has 2 N–H and O–H groups in total. The van der Waals surface area contributed by atoms with E-state index in [1.54, 1.807) is 33.2 Å². The minimum atomic E-state index is 0.0120. The largest absolute Gasteiger partial charge is 0.496 e. The summed E-state index contributed by atoms with van der Waals surface area (Å²) in [5, 5.41) is 6.60. The van der Waals surface area contributed by atoms with Crippen LogP contribution < -0.4 is 15.4 Å². The Balaban J connectivity index is 1.85. The van der Waals surface area contributed by atoms with Crippen LogP contribution in [0.5, 0.6) is 5.75 Å². The Kier molecular flexibility index (Phi) is 8.32. The molecule has 0 aromatic heterocycles. The van der Waals surface area contributed by atoms with Gasteiger partial charge in [0.25, 0.3) is 5.91 Å². The van der Waals surface area contributed by atoms with Crippen LogP contribution in [0.2, 0.25) is 0 Å². The van der Waals surface area contributed by atoms with Crippen LogP contribution in [-0.4, -0.2) is 51.6 Å². The third-order valence-corrected chi connectivity index (χ3v) is 4.81. The van der Waals surface area contributed by atoms with Gasteiger partial charge >= 0.3 is 0 Å². The van der Waals surface area contributed by atoms with E-state index < -0.39 is 0 Å². The van der Waals surface area contributed by atoms with Gasteiger partial charge in [0, 0.05) is 39.8 Å². The Hall–Kier alpha value is -2.54. The van der Waals surface area contributed by atoms with Crippen LogP contribution in [0.15, 0.2) is 51.9 Å². The van der Waals surface area contributed by atoms with E-state index in [1.165, 1.54) is 0 Å². The number of amides is 1. The molecular formula is C21H27BrN4O2. The van der Waals surface area contributed by atoms with Crippen LogP contribution in [0.4, 0.5) is 0 Å². The molecule has 0 unspecified atom stereocenters. The first kappa shape index (κ1) is 21.8. The van der Waals surface area contributed by atoms with Crippen molar-refractivity contribution in [3.8, 4) is 5.75 Å². The number of nitrogens with zero attached hydrogens (tertiary/aromatic N) is 2. The van der Waals surface area contributed by atoms with E-state index in [9.17, 15) is 4.79 Å². The van der Waals surface area contributed by atoms with E-state index >= 15 is 0 Å². The van der Waals surface area contributed by atoms with E-state index in [0.29, 0.717) is 18.7 Å². The van der Waals surface area contributed by atoms with Crippen molar-refractivity contribution in [1.29, 1.82) is 0 Å². The topological polar surface area (TPSA) is 66.0 Å². The van der Waals surface area contributed by atoms with E-state index in [2.05, 4.69) is 31.6 Å². The second kappa shape index (κ2) is 10.7. The molecule has 6 nitrogen and oxygen atoms in total. The van der Waals surface area contributed by atoms with Crippen LogP contribution in [0.1, 0.15) is 21.5 Å². The fourth-order valence-electron chi connectivity index (χ4n) is 2.67. The summed E-state index contributed by atoms with van der Waals surface area (Å²) < 4.78 is 6.17. The predicted octanol–water partition coefficient (Wildman–Crippen LogP) is 3.07. The molecule has 2 aromatic carbocycles. The quantitative estimate of drug-likeness (QED) is 0.506. The Bertz CT molecular complexity index is 837. The lowest BCUT2D eigenvalue weighted by Crippen LogP contribution is -2.37. The van der Waals surface area contributed by atoms with E-state index in [4.69, 9.17) is 4.74 Å². The first-order valence-corrected chi connectivity index (χ1v) is 9.81. The molecule has 150 valence electrons. The zero-order chi connectivity index (χ0) is 20.5. The molecule has 1 amide bonds. The number of methoxy groups -OCH3 is 1. The molecule has 0 fully saturated rings. The number of benzene rings is 2. The number of nitrogens with one attached hydrogen (secondary N) is 2. The SMILES string of the molecule is CN=C(NCCc1cccc(C(=O)N(C)C)c1)NCc1ccc(OC)c(Br)c1. The highest BCUT2D eigenvalue weighted by atomic mass is 79.9. The van der Waals surface area contributed by atoms with Crippen molar-refractivity contribution in [2.75, 3.05) is 34.8 Å². The number of hydrogen-bond donors (Lipinski definition) is 2. The van der Waals surface area contributed by atoms with Crippen molar-refractivity contribution in [1.82, 2.24) is 15.5 Å². The molecule has 0 heterocycles. The monoisotopic (exact) mass is 446 g/mol. The Morgan fingerprint density at radius 1 is 1.14 bits per heavy atom. The number of hydrogen-bond acceptors (Lipinski definition) is 3. The van der Waals surface area contributed by atoms with Crippen molar-refractivity contribution in [2.24, 2.45) is 4.99 Å². The lowest BCUT2D eigenvalue weighted by molar-refractivity contribution is 0.0827. The molecule has 0 aliphatic rings. The molecule has 0 spiro atoms. The second-order valence-electron chi connectivity index (χ2n) is 6.47. The molecule has 2 aromatic rings. The van der Waals surface area contributed by atoms with Crippen LogP contribution in [0, 0.1) is 0 Å². The number of carbonyl (C=O) groups excluding carboxylic acids is 1. The van der Waals surface area contributed by atoms with E-state index in [-0.39, 0.29) is 5.91 Å². The zero-order valence-corrected chi connectivity index (χ0v) is 18.3. The van der Waals surface area contributed by atoms with Crippen molar-refractivity contribution < 1.29 is 9.53 Å². The number of carbonyl (C=O) groups is 1. The first-order valence-electron chi connectivity index (χ1n) is 9.02. The minimum absolute atomic E-state index is 0.0120. The highest BCUT2D eigenvalue weighted by Crippen LogP contribution is 2.25. The molecule has 7 heteroatoms. The molecule has 0 aliphatic heterocycles. The van der Waals surface area contributed by atoms with Gasteiger partial charge in [0.2, 0.25) is 0 Å². The fourth-order valence-corrected chi connectivity index (χ4v) is 3.26. The van der Waals surface area contributed by atoms with Gasteiger partial charge < -0.3 is 20.3 Å². The van der Waals surface area contributed by atoms with Crippen molar-refractivity contribution in [3.05, 3.63) is 63.6 Å². The second-order valence-corrected chi connectivity index (χ2v) is 7.33. The lowest BCUT2D eigenvalue weighted by Gasteiger charge is -2.14. The highest BCUT2D eigenvalue weighted by Gasteiger charge is 2.08. The van der Waals surface area contributed by atoms with Crippen LogP contribution in [-0.2, 0) is 13.0 Å². The summed E-state index contributed by atoms with van der Waals surface area (Å²) in [6.45, 7) is 1.36. The molecule has 0 bridgehead atoms. The summed E-state index contributed by atoms with van der Waals surface area (Å²) in [7, 11) is 6.91. The van der Waals surface area contributed by atoms with Crippen LogP contribution >= 0.6 is 15.9 Å². The maximum atomic E-state index is 12.1. The van der Waals surface area contributed by atoms with Gasteiger partial charge in [-0.15, -0.1) is 0 Å². The molecule has 0 saturated heterocycles. The summed E-state index contributed by atoms with van der Waals surface area (Å²) in [4.78, 5) is 17.9. The number of halogens is 1. The van der Waals surface area contributed by atoms with Gasteiger partial charge in [-0.2, -0.15) is 0 Å². The Labute approximate surface area is 175 Å². The smallest absolute Gasteiger partial charge is 0.253 e. The third-order valence-electron chi connectivity index (χ3n) is 4.19. The Morgan fingerprint density at radius 3 is 2.57 bits per heavy atom. The average molecular weight is 447 g/mol.